The van der Waals surface area contributed by atoms with Crippen molar-refractivity contribution in [2.45, 2.75) is 0 Å². The van der Waals surface area contributed by atoms with Crippen molar-refractivity contribution in [1.29, 1.82) is 0 Å². The Kier molecular flexibility index (Phi) is 7.29. The zero-order chi connectivity index (χ0) is 22.2. The molecule has 0 aliphatic heterocycles. The van der Waals surface area contributed by atoms with E-state index in [4.69, 9.17) is 14.6 Å². The Bertz CT molecular complexity index is 1110. The molecule has 32 heavy (non-hydrogen) atoms. The van der Waals surface area contributed by atoms with E-state index in [1.54, 1.807) is 24.3 Å². The van der Waals surface area contributed by atoms with Crippen LogP contribution in [0.3, 0.4) is 0 Å². The van der Waals surface area contributed by atoms with Crippen molar-refractivity contribution in [1.82, 2.24) is 0 Å². The highest BCUT2D eigenvalue weighted by Crippen LogP contribution is 2.36. The number of carbonyl (C=O) groups excluding carboxylic acids is 1. The summed E-state index contributed by atoms with van der Waals surface area (Å²) in [7, 11) is -0.899. The number of aliphatic hydroxyl groups is 1. The molecule has 4 nitrogen and oxygen atoms in total. The zero-order valence-electron chi connectivity index (χ0n) is 17.4. The second-order valence-electron chi connectivity index (χ2n) is 6.96. The van der Waals surface area contributed by atoms with Crippen LogP contribution in [0.25, 0.3) is 0 Å². The van der Waals surface area contributed by atoms with Crippen LogP contribution in [0.15, 0.2) is 109 Å². The van der Waals surface area contributed by atoms with Crippen LogP contribution in [0, 0.1) is 0 Å². The summed E-state index contributed by atoms with van der Waals surface area (Å²) >= 11 is 0. The molecule has 4 aromatic carbocycles. The number of hydrogen-bond acceptors (Lipinski definition) is 4. The average molecular weight is 442 g/mol. The fraction of sp³-hybridized carbons (Fsp3) is 0.0741. The third-order valence-corrected chi connectivity index (χ3v) is 7.27. The summed E-state index contributed by atoms with van der Waals surface area (Å²) in [5, 5.41) is 12.2. The van der Waals surface area contributed by atoms with Gasteiger partial charge in [0.1, 0.15) is 18.1 Å². The largest absolute Gasteiger partial charge is 0.491 e. The van der Waals surface area contributed by atoms with Gasteiger partial charge in [0, 0.05) is 5.30 Å². The summed E-state index contributed by atoms with van der Waals surface area (Å²) in [6.07, 6.45) is 0. The van der Waals surface area contributed by atoms with Crippen molar-refractivity contribution in [3.05, 3.63) is 115 Å². The van der Waals surface area contributed by atoms with Gasteiger partial charge in [-0.2, -0.15) is 0 Å². The Labute approximate surface area is 188 Å². The van der Waals surface area contributed by atoms with Crippen LogP contribution < -0.4 is 25.4 Å². The topological polar surface area (TPSA) is 55.8 Å². The van der Waals surface area contributed by atoms with Crippen molar-refractivity contribution in [2.75, 3.05) is 13.2 Å². The van der Waals surface area contributed by atoms with E-state index in [9.17, 15) is 4.79 Å². The fourth-order valence-electron chi connectivity index (χ4n) is 3.32. The molecule has 0 atom stereocenters. The van der Waals surface area contributed by atoms with Crippen molar-refractivity contribution in [3.8, 4) is 11.5 Å². The van der Waals surface area contributed by atoms with Gasteiger partial charge in [0.25, 0.3) is 0 Å². The quantitative estimate of drug-likeness (QED) is 0.254. The van der Waals surface area contributed by atoms with E-state index in [0.717, 1.165) is 5.30 Å². The lowest BCUT2D eigenvalue weighted by Gasteiger charge is -2.21. The summed E-state index contributed by atoms with van der Waals surface area (Å²) in [6, 6.07) is 35.0. The normalized spacial score (nSPS) is 10.7. The van der Waals surface area contributed by atoms with Crippen molar-refractivity contribution >= 4 is 29.8 Å². The van der Waals surface area contributed by atoms with Crippen LogP contribution in [0.4, 0.5) is 0 Å². The monoisotopic (exact) mass is 442 g/mol. The first kappa shape index (κ1) is 21.8. The second kappa shape index (κ2) is 10.7. The van der Waals surface area contributed by atoms with Crippen LogP contribution in [0.1, 0.15) is 10.4 Å². The molecule has 0 unspecified atom stereocenters. The van der Waals surface area contributed by atoms with E-state index < -0.39 is 13.9 Å². The van der Waals surface area contributed by atoms with Crippen LogP contribution in [0.5, 0.6) is 11.5 Å². The zero-order valence-corrected chi connectivity index (χ0v) is 18.3. The molecule has 5 heteroatoms. The van der Waals surface area contributed by atoms with Gasteiger partial charge in [-0.25, -0.2) is 4.79 Å². The second-order valence-corrected chi connectivity index (χ2v) is 9.15. The third-order valence-electron chi connectivity index (χ3n) is 4.79. The standard InChI is InChI=1S/C27H23O4P/c28-19-20-30-22-17-15-21(16-18-22)27(29)31-25-13-7-8-14-26(25)32(23-9-3-1-4-10-23)24-11-5-2-6-12-24/h1-18,28H,19-20H2. The van der Waals surface area contributed by atoms with E-state index in [0.29, 0.717) is 17.1 Å². The van der Waals surface area contributed by atoms with Gasteiger partial charge >= 0.3 is 5.97 Å². The van der Waals surface area contributed by atoms with Gasteiger partial charge in [-0.05, 0) is 48.9 Å². The predicted octanol–water partition coefficient (Wildman–Crippen LogP) is 4.04. The van der Waals surface area contributed by atoms with Crippen molar-refractivity contribution < 1.29 is 19.4 Å². The van der Waals surface area contributed by atoms with Gasteiger partial charge < -0.3 is 14.6 Å². The number of benzene rings is 4. The van der Waals surface area contributed by atoms with Crippen molar-refractivity contribution in [3.63, 3.8) is 0 Å². The number of hydrogen-bond donors (Lipinski definition) is 1. The molecule has 1 N–H and O–H groups in total. The summed E-state index contributed by atoms with van der Waals surface area (Å²) in [5.74, 6) is 0.715. The number of rotatable bonds is 8. The maximum absolute atomic E-state index is 12.9. The minimum absolute atomic E-state index is 0.0631. The Morgan fingerprint density at radius 3 is 1.88 bits per heavy atom. The Balaban J connectivity index is 1.65. The van der Waals surface area contributed by atoms with Gasteiger partial charge in [-0.1, -0.05) is 78.9 Å². The van der Waals surface area contributed by atoms with Crippen LogP contribution in [-0.4, -0.2) is 24.3 Å². The van der Waals surface area contributed by atoms with Crippen LogP contribution >= 0.6 is 7.92 Å². The lowest BCUT2D eigenvalue weighted by Crippen LogP contribution is -2.23. The molecular weight excluding hydrogens is 419 g/mol. The number of aliphatic hydroxyl groups excluding tert-OH is 1. The highest BCUT2D eigenvalue weighted by atomic mass is 31.1. The van der Waals surface area contributed by atoms with E-state index in [2.05, 4.69) is 24.3 Å². The number of para-hydroxylation sites is 1. The summed E-state index contributed by atoms with van der Waals surface area (Å²) in [4.78, 5) is 12.9. The molecule has 0 fully saturated rings. The van der Waals surface area contributed by atoms with Gasteiger partial charge in [0.15, 0.2) is 0 Å². The van der Waals surface area contributed by atoms with E-state index in [-0.39, 0.29) is 13.2 Å². The number of esters is 1. The van der Waals surface area contributed by atoms with E-state index in [1.165, 1.54) is 10.6 Å². The third kappa shape index (κ3) is 5.23. The molecule has 160 valence electrons. The van der Waals surface area contributed by atoms with Crippen molar-refractivity contribution in [2.24, 2.45) is 0 Å². The molecule has 0 heterocycles. The lowest BCUT2D eigenvalue weighted by molar-refractivity contribution is 0.0736. The average Bonchev–Trinajstić information content (AvgIpc) is 2.85. The highest BCUT2D eigenvalue weighted by Gasteiger charge is 2.21. The Morgan fingerprint density at radius 2 is 1.28 bits per heavy atom. The minimum atomic E-state index is -0.899. The first-order chi connectivity index (χ1) is 15.8. The first-order valence-electron chi connectivity index (χ1n) is 10.3. The Hall–Kier alpha value is -3.46. The minimum Gasteiger partial charge on any atom is -0.491 e. The van der Waals surface area contributed by atoms with Gasteiger partial charge in [-0.15, -0.1) is 0 Å². The molecule has 4 rings (SSSR count). The molecule has 0 aromatic heterocycles. The smallest absolute Gasteiger partial charge is 0.343 e. The molecule has 4 aromatic rings. The van der Waals surface area contributed by atoms with E-state index >= 15 is 0 Å². The fourth-order valence-corrected chi connectivity index (χ4v) is 5.69. The predicted molar refractivity (Wildman–Crippen MR) is 129 cm³/mol. The number of carbonyl (C=O) groups is 1. The maximum atomic E-state index is 12.9. The number of ether oxygens (including phenoxy) is 2. The SMILES string of the molecule is O=C(Oc1ccccc1P(c1ccccc1)c1ccccc1)c1ccc(OCCO)cc1. The summed E-state index contributed by atoms with van der Waals surface area (Å²) < 4.78 is 11.2. The highest BCUT2D eigenvalue weighted by molar-refractivity contribution is 7.80. The molecule has 0 saturated carbocycles. The van der Waals surface area contributed by atoms with Crippen LogP contribution in [0.2, 0.25) is 0 Å². The van der Waals surface area contributed by atoms with Gasteiger partial charge in [-0.3, -0.25) is 0 Å². The molecule has 0 radical (unpaired) electrons. The molecule has 0 saturated heterocycles. The molecule has 0 amide bonds. The molecular formula is C27H23O4P. The van der Waals surface area contributed by atoms with Gasteiger partial charge in [0.2, 0.25) is 0 Å². The van der Waals surface area contributed by atoms with E-state index in [1.807, 2.05) is 60.7 Å². The molecule has 0 aliphatic rings. The molecule has 0 spiro atoms. The summed E-state index contributed by atoms with van der Waals surface area (Å²) in [5.41, 5.74) is 0.430. The Morgan fingerprint density at radius 1 is 0.719 bits per heavy atom. The lowest BCUT2D eigenvalue weighted by atomic mass is 10.2. The maximum Gasteiger partial charge on any atom is 0.343 e. The molecule has 0 bridgehead atoms. The van der Waals surface area contributed by atoms with Crippen LogP contribution in [-0.2, 0) is 0 Å². The molecule has 0 aliphatic carbocycles. The first-order valence-corrected chi connectivity index (χ1v) is 11.7. The summed E-state index contributed by atoms with van der Waals surface area (Å²) in [6.45, 7) is 0.145. The van der Waals surface area contributed by atoms with Gasteiger partial charge in [0.05, 0.1) is 12.2 Å².